The highest BCUT2D eigenvalue weighted by Gasteiger charge is 2.25. The van der Waals surface area contributed by atoms with Crippen LogP contribution in [0.25, 0.3) is 0 Å². The SMILES string of the molecule is O=C(O)c1nnn(CCCCc2ccccc2)c1C(F)F. The van der Waals surface area contributed by atoms with Gasteiger partial charge in [0.15, 0.2) is 5.69 Å². The number of halogens is 2. The number of unbranched alkanes of at least 4 members (excludes halogenated alkanes) is 1. The Kier molecular flexibility index (Phi) is 4.97. The van der Waals surface area contributed by atoms with Crippen LogP contribution in [0.5, 0.6) is 0 Å². The monoisotopic (exact) mass is 295 g/mol. The highest BCUT2D eigenvalue weighted by Crippen LogP contribution is 2.21. The largest absolute Gasteiger partial charge is 0.476 e. The zero-order valence-corrected chi connectivity index (χ0v) is 11.2. The number of aromatic carboxylic acids is 1. The zero-order chi connectivity index (χ0) is 15.2. The van der Waals surface area contributed by atoms with Crippen LogP contribution in [0.15, 0.2) is 30.3 Å². The number of nitrogens with zero attached hydrogens (tertiary/aromatic N) is 3. The standard InChI is InChI=1S/C14H15F2N3O2/c15-13(16)12-11(14(20)21)17-18-19(12)9-5-4-8-10-6-2-1-3-7-10/h1-3,6-7,13H,4-5,8-9H2,(H,20,21). The van der Waals surface area contributed by atoms with Gasteiger partial charge < -0.3 is 5.11 Å². The summed E-state index contributed by atoms with van der Waals surface area (Å²) in [6.07, 6.45) is -0.641. The molecule has 0 spiro atoms. The number of carboxylic acid groups (broad SMARTS) is 1. The molecule has 0 saturated carbocycles. The molecule has 112 valence electrons. The highest BCUT2D eigenvalue weighted by molar-refractivity contribution is 5.86. The normalized spacial score (nSPS) is 11.0. The molecule has 1 aromatic carbocycles. The van der Waals surface area contributed by atoms with Crippen LogP contribution in [0.3, 0.4) is 0 Å². The maximum atomic E-state index is 12.9. The Morgan fingerprint density at radius 2 is 1.95 bits per heavy atom. The van der Waals surface area contributed by atoms with Gasteiger partial charge in [0, 0.05) is 6.54 Å². The predicted octanol–water partition coefficient (Wildman–Crippen LogP) is 2.94. The van der Waals surface area contributed by atoms with Crippen molar-refractivity contribution in [3.8, 4) is 0 Å². The van der Waals surface area contributed by atoms with Crippen LogP contribution < -0.4 is 0 Å². The molecule has 0 aliphatic rings. The lowest BCUT2D eigenvalue weighted by Crippen LogP contribution is -2.09. The fraction of sp³-hybridized carbons (Fsp3) is 0.357. The second-order valence-electron chi connectivity index (χ2n) is 4.59. The Morgan fingerprint density at radius 3 is 2.57 bits per heavy atom. The number of carboxylic acids is 1. The Bertz CT molecular complexity index is 600. The number of rotatable bonds is 7. The minimum Gasteiger partial charge on any atom is -0.476 e. The maximum Gasteiger partial charge on any atom is 0.358 e. The molecular weight excluding hydrogens is 280 g/mol. The van der Waals surface area contributed by atoms with Crippen molar-refractivity contribution >= 4 is 5.97 Å². The predicted molar refractivity (Wildman–Crippen MR) is 71.3 cm³/mol. The smallest absolute Gasteiger partial charge is 0.358 e. The first-order valence-electron chi connectivity index (χ1n) is 6.58. The van der Waals surface area contributed by atoms with Crippen LogP contribution in [-0.4, -0.2) is 26.1 Å². The second-order valence-corrected chi connectivity index (χ2v) is 4.59. The number of aryl methyl sites for hydroxylation is 2. The van der Waals surface area contributed by atoms with Gasteiger partial charge in [0.25, 0.3) is 6.43 Å². The highest BCUT2D eigenvalue weighted by atomic mass is 19.3. The quantitative estimate of drug-likeness (QED) is 0.797. The molecule has 0 atom stereocenters. The van der Waals surface area contributed by atoms with Crippen molar-refractivity contribution in [1.29, 1.82) is 0 Å². The zero-order valence-electron chi connectivity index (χ0n) is 11.2. The van der Waals surface area contributed by atoms with Gasteiger partial charge in [-0.15, -0.1) is 5.10 Å². The van der Waals surface area contributed by atoms with Crippen LogP contribution in [0, 0.1) is 0 Å². The summed E-state index contributed by atoms with van der Waals surface area (Å²) in [5, 5.41) is 15.6. The number of alkyl halides is 2. The van der Waals surface area contributed by atoms with Crippen molar-refractivity contribution in [3.63, 3.8) is 0 Å². The van der Waals surface area contributed by atoms with Crippen molar-refractivity contribution < 1.29 is 18.7 Å². The number of benzene rings is 1. The molecule has 1 aromatic heterocycles. The first kappa shape index (κ1) is 15.1. The van der Waals surface area contributed by atoms with Crippen molar-refractivity contribution in [2.75, 3.05) is 0 Å². The lowest BCUT2D eigenvalue weighted by Gasteiger charge is -2.06. The molecule has 0 fully saturated rings. The maximum absolute atomic E-state index is 12.9. The van der Waals surface area contributed by atoms with Gasteiger partial charge >= 0.3 is 5.97 Å². The molecule has 0 aliphatic heterocycles. The summed E-state index contributed by atoms with van der Waals surface area (Å²) in [4.78, 5) is 10.8. The second kappa shape index (κ2) is 6.92. The van der Waals surface area contributed by atoms with Gasteiger partial charge in [-0.05, 0) is 24.8 Å². The van der Waals surface area contributed by atoms with Gasteiger partial charge in [-0.25, -0.2) is 18.3 Å². The van der Waals surface area contributed by atoms with E-state index in [0.29, 0.717) is 6.42 Å². The topological polar surface area (TPSA) is 68.0 Å². The molecular formula is C14H15F2N3O2. The molecule has 0 unspecified atom stereocenters. The van der Waals surface area contributed by atoms with Gasteiger partial charge in [0.1, 0.15) is 5.69 Å². The van der Waals surface area contributed by atoms with E-state index in [1.54, 1.807) is 0 Å². The van der Waals surface area contributed by atoms with E-state index in [-0.39, 0.29) is 6.54 Å². The molecule has 0 aliphatic carbocycles. The summed E-state index contributed by atoms with van der Waals surface area (Å²) in [7, 11) is 0. The lowest BCUT2D eigenvalue weighted by molar-refractivity contribution is 0.0675. The third kappa shape index (κ3) is 3.84. The number of hydrogen-bond acceptors (Lipinski definition) is 3. The Balaban J connectivity index is 1.93. The van der Waals surface area contributed by atoms with E-state index in [1.807, 2.05) is 30.3 Å². The summed E-state index contributed by atoms with van der Waals surface area (Å²) >= 11 is 0. The van der Waals surface area contributed by atoms with Crippen LogP contribution in [0.4, 0.5) is 8.78 Å². The molecule has 21 heavy (non-hydrogen) atoms. The number of carbonyl (C=O) groups is 1. The Labute approximate surface area is 120 Å². The van der Waals surface area contributed by atoms with Gasteiger partial charge in [-0.3, -0.25) is 0 Å². The van der Waals surface area contributed by atoms with Crippen LogP contribution >= 0.6 is 0 Å². The summed E-state index contributed by atoms with van der Waals surface area (Å²) in [5.74, 6) is -1.49. The van der Waals surface area contributed by atoms with Crippen LogP contribution in [0.1, 0.15) is 41.0 Å². The van der Waals surface area contributed by atoms with E-state index in [1.165, 1.54) is 5.56 Å². The number of hydrogen-bond donors (Lipinski definition) is 1. The Hall–Kier alpha value is -2.31. The van der Waals surface area contributed by atoms with E-state index in [2.05, 4.69) is 10.3 Å². The first-order chi connectivity index (χ1) is 10.1. The molecule has 2 aromatic rings. The molecule has 1 heterocycles. The van der Waals surface area contributed by atoms with Crippen molar-refractivity contribution in [3.05, 3.63) is 47.3 Å². The van der Waals surface area contributed by atoms with E-state index >= 15 is 0 Å². The minimum atomic E-state index is -2.90. The summed E-state index contributed by atoms with van der Waals surface area (Å²) in [6.45, 7) is 0.229. The van der Waals surface area contributed by atoms with E-state index in [0.717, 1.165) is 17.5 Å². The van der Waals surface area contributed by atoms with Crippen molar-refractivity contribution in [2.45, 2.75) is 32.2 Å². The summed E-state index contributed by atoms with van der Waals surface area (Å²) < 4.78 is 26.8. The third-order valence-electron chi connectivity index (χ3n) is 3.11. The van der Waals surface area contributed by atoms with Gasteiger partial charge in [-0.1, -0.05) is 35.5 Å². The summed E-state index contributed by atoms with van der Waals surface area (Å²) in [5.41, 5.74) is -0.119. The fourth-order valence-electron chi connectivity index (χ4n) is 2.09. The van der Waals surface area contributed by atoms with E-state index < -0.39 is 23.8 Å². The number of aromatic nitrogens is 3. The van der Waals surface area contributed by atoms with Gasteiger partial charge in [0.05, 0.1) is 0 Å². The van der Waals surface area contributed by atoms with Crippen molar-refractivity contribution in [2.24, 2.45) is 0 Å². The van der Waals surface area contributed by atoms with E-state index in [4.69, 9.17) is 5.11 Å². The van der Waals surface area contributed by atoms with Gasteiger partial charge in [-0.2, -0.15) is 0 Å². The third-order valence-corrected chi connectivity index (χ3v) is 3.11. The molecule has 7 heteroatoms. The fourth-order valence-corrected chi connectivity index (χ4v) is 2.09. The minimum absolute atomic E-state index is 0.229. The average molecular weight is 295 g/mol. The van der Waals surface area contributed by atoms with Crippen molar-refractivity contribution in [1.82, 2.24) is 15.0 Å². The lowest BCUT2D eigenvalue weighted by atomic mass is 10.1. The van der Waals surface area contributed by atoms with Gasteiger partial charge in [0.2, 0.25) is 0 Å². The van der Waals surface area contributed by atoms with Crippen LogP contribution in [0.2, 0.25) is 0 Å². The Morgan fingerprint density at radius 1 is 1.24 bits per heavy atom. The molecule has 0 amide bonds. The average Bonchev–Trinajstić information content (AvgIpc) is 2.89. The molecule has 0 bridgehead atoms. The first-order valence-corrected chi connectivity index (χ1v) is 6.58. The molecule has 0 saturated heterocycles. The molecule has 2 rings (SSSR count). The summed E-state index contributed by atoms with van der Waals surface area (Å²) in [6, 6.07) is 9.83. The van der Waals surface area contributed by atoms with Crippen LogP contribution in [-0.2, 0) is 13.0 Å². The molecule has 5 nitrogen and oxygen atoms in total. The molecule has 0 radical (unpaired) electrons. The van der Waals surface area contributed by atoms with E-state index in [9.17, 15) is 13.6 Å². The molecule has 1 N–H and O–H groups in total.